The van der Waals surface area contributed by atoms with E-state index in [0.29, 0.717) is 11.6 Å². The van der Waals surface area contributed by atoms with Gasteiger partial charge in [0.05, 0.1) is 4.92 Å². The van der Waals surface area contributed by atoms with Gasteiger partial charge in [0.15, 0.2) is 19.0 Å². The first-order valence-corrected chi connectivity index (χ1v) is 8.62. The average molecular weight is 372 g/mol. The van der Waals surface area contributed by atoms with Gasteiger partial charge in [-0.1, -0.05) is 12.1 Å². The zero-order valence-electron chi connectivity index (χ0n) is 15.1. The van der Waals surface area contributed by atoms with E-state index >= 15 is 0 Å². The van der Waals surface area contributed by atoms with Crippen LogP contribution >= 0.6 is 0 Å². The van der Waals surface area contributed by atoms with Gasteiger partial charge in [0.1, 0.15) is 0 Å². The quantitative estimate of drug-likeness (QED) is 0.305. The first kappa shape index (κ1) is 18.6. The molecule has 1 aliphatic carbocycles. The van der Waals surface area contributed by atoms with Gasteiger partial charge in [-0.15, -0.1) is 0 Å². The number of aromatic nitrogens is 1. The van der Waals surface area contributed by atoms with Crippen molar-refractivity contribution >= 4 is 17.4 Å². The van der Waals surface area contributed by atoms with Crippen LogP contribution in [0.2, 0.25) is 0 Å². The lowest BCUT2D eigenvalue weighted by Gasteiger charge is -2.08. The molecule has 1 aliphatic rings. The molecule has 0 N–H and O–H groups in total. The van der Waals surface area contributed by atoms with Gasteiger partial charge in [-0.2, -0.15) is 0 Å². The molecule has 3 rings (SSSR count). The van der Waals surface area contributed by atoms with Crippen molar-refractivity contribution in [1.82, 2.24) is 4.57 Å². The average Bonchev–Trinajstić information content (AvgIpc) is 3.42. The minimum Gasteiger partial charge on any atom is -0.475 e. The topological polar surface area (TPSA) is 101 Å². The minimum atomic E-state index is -0.766. The zero-order valence-corrected chi connectivity index (χ0v) is 15.1. The predicted octanol–water partition coefficient (Wildman–Crippen LogP) is 3.15. The summed E-state index contributed by atoms with van der Waals surface area (Å²) in [5.74, 6) is -1.08. The van der Waals surface area contributed by atoms with Gasteiger partial charge in [0, 0.05) is 29.1 Å². The van der Waals surface area contributed by atoms with Crippen molar-refractivity contribution in [2.24, 2.45) is 0 Å². The number of nitrogens with zero attached hydrogens (tertiary/aromatic N) is 2. The van der Waals surface area contributed by atoms with E-state index in [4.69, 9.17) is 9.47 Å². The Morgan fingerprint density at radius 3 is 2.59 bits per heavy atom. The Morgan fingerprint density at radius 1 is 1.22 bits per heavy atom. The van der Waals surface area contributed by atoms with E-state index in [9.17, 15) is 19.7 Å². The molecular formula is C19H20N2O6. The largest absolute Gasteiger partial charge is 0.475 e. The molecule has 1 aromatic carbocycles. The van der Waals surface area contributed by atoms with Crippen LogP contribution in [0.15, 0.2) is 30.3 Å². The normalized spacial score (nSPS) is 13.3. The third-order valence-corrected chi connectivity index (χ3v) is 4.47. The van der Waals surface area contributed by atoms with Gasteiger partial charge in [0.25, 0.3) is 0 Å². The molecule has 8 heteroatoms. The van der Waals surface area contributed by atoms with Gasteiger partial charge < -0.3 is 14.0 Å². The van der Waals surface area contributed by atoms with Crippen LogP contribution in [-0.4, -0.2) is 34.5 Å². The van der Waals surface area contributed by atoms with Crippen molar-refractivity contribution in [2.45, 2.75) is 32.7 Å². The lowest BCUT2D eigenvalue weighted by molar-refractivity contribution is -0.385. The van der Waals surface area contributed by atoms with Gasteiger partial charge in [0.2, 0.25) is 5.78 Å². The fourth-order valence-electron chi connectivity index (χ4n) is 3.09. The number of carbonyl (C=O) groups is 2. The third-order valence-electron chi connectivity index (χ3n) is 4.47. The summed E-state index contributed by atoms with van der Waals surface area (Å²) in [5, 5.41) is 10.9. The summed E-state index contributed by atoms with van der Waals surface area (Å²) in [6.07, 6.45) is 2.23. The van der Waals surface area contributed by atoms with E-state index in [-0.39, 0.29) is 17.2 Å². The monoisotopic (exact) mass is 372 g/mol. The number of rotatable bonds is 8. The van der Waals surface area contributed by atoms with Crippen LogP contribution in [0, 0.1) is 24.0 Å². The number of esters is 1. The molecule has 1 heterocycles. The number of hydrogen-bond donors (Lipinski definition) is 0. The standard InChI is InChI=1S/C19H20N2O6/c1-12-9-15(13(2)20(12)14-7-8-14)17(22)10-27-19(23)11-26-18-6-4-3-5-16(18)21(24)25/h3-6,9,14H,7-8,10-11H2,1-2H3. The molecule has 1 saturated carbocycles. The van der Waals surface area contributed by atoms with Crippen molar-refractivity contribution in [3.63, 3.8) is 0 Å². The molecular weight excluding hydrogens is 352 g/mol. The molecule has 27 heavy (non-hydrogen) atoms. The fraction of sp³-hybridized carbons (Fsp3) is 0.368. The number of nitro groups is 1. The van der Waals surface area contributed by atoms with Crippen molar-refractivity contribution in [1.29, 1.82) is 0 Å². The summed E-state index contributed by atoms with van der Waals surface area (Å²) in [7, 11) is 0. The van der Waals surface area contributed by atoms with E-state index in [1.165, 1.54) is 18.2 Å². The molecule has 0 atom stereocenters. The van der Waals surface area contributed by atoms with E-state index < -0.39 is 24.1 Å². The zero-order chi connectivity index (χ0) is 19.6. The summed E-state index contributed by atoms with van der Waals surface area (Å²) in [4.78, 5) is 34.5. The Hall–Kier alpha value is -3.16. The molecule has 0 spiro atoms. The van der Waals surface area contributed by atoms with Crippen LogP contribution in [0.4, 0.5) is 5.69 Å². The molecule has 1 aromatic heterocycles. The van der Waals surface area contributed by atoms with Crippen molar-refractivity contribution in [2.75, 3.05) is 13.2 Å². The van der Waals surface area contributed by atoms with Gasteiger partial charge >= 0.3 is 11.7 Å². The van der Waals surface area contributed by atoms with Crippen molar-refractivity contribution < 1.29 is 24.0 Å². The number of aryl methyl sites for hydroxylation is 1. The number of nitro benzene ring substituents is 1. The van der Waals surface area contributed by atoms with Crippen LogP contribution < -0.4 is 4.74 Å². The SMILES string of the molecule is Cc1cc(C(=O)COC(=O)COc2ccccc2[N+](=O)[O-])c(C)n1C1CC1. The molecule has 0 bridgehead atoms. The van der Waals surface area contributed by atoms with Crippen LogP contribution in [0.25, 0.3) is 0 Å². The maximum atomic E-state index is 12.4. The van der Waals surface area contributed by atoms with Gasteiger partial charge in [-0.25, -0.2) is 4.79 Å². The highest BCUT2D eigenvalue weighted by molar-refractivity contribution is 5.99. The van der Waals surface area contributed by atoms with Crippen LogP contribution in [0.1, 0.15) is 40.6 Å². The number of para-hydroxylation sites is 2. The molecule has 0 radical (unpaired) electrons. The highest BCUT2D eigenvalue weighted by atomic mass is 16.6. The number of Topliss-reactive ketones (excluding diaryl/α,β-unsaturated/α-hetero) is 1. The van der Waals surface area contributed by atoms with Crippen LogP contribution in [-0.2, 0) is 9.53 Å². The second kappa shape index (κ2) is 7.61. The Kier molecular flexibility index (Phi) is 5.25. The first-order valence-electron chi connectivity index (χ1n) is 8.62. The Balaban J connectivity index is 1.55. The minimum absolute atomic E-state index is 0.0289. The molecule has 0 saturated heterocycles. The summed E-state index contributed by atoms with van der Waals surface area (Å²) < 4.78 is 12.3. The lowest BCUT2D eigenvalue weighted by atomic mass is 10.1. The number of hydrogen-bond acceptors (Lipinski definition) is 6. The lowest BCUT2D eigenvalue weighted by Crippen LogP contribution is -2.20. The van der Waals surface area contributed by atoms with E-state index in [1.807, 2.05) is 19.9 Å². The summed E-state index contributed by atoms with van der Waals surface area (Å²) in [6, 6.07) is 8.01. The van der Waals surface area contributed by atoms with Crippen molar-refractivity contribution in [3.8, 4) is 5.75 Å². The number of carbonyl (C=O) groups excluding carboxylic acids is 2. The first-order chi connectivity index (χ1) is 12.9. The molecule has 142 valence electrons. The fourth-order valence-corrected chi connectivity index (χ4v) is 3.09. The van der Waals surface area contributed by atoms with Gasteiger partial charge in [-0.3, -0.25) is 14.9 Å². The second-order valence-corrected chi connectivity index (χ2v) is 6.48. The molecule has 0 aliphatic heterocycles. The maximum absolute atomic E-state index is 12.4. The second-order valence-electron chi connectivity index (χ2n) is 6.48. The van der Waals surface area contributed by atoms with Crippen LogP contribution in [0.5, 0.6) is 5.75 Å². The summed E-state index contributed by atoms with van der Waals surface area (Å²) >= 11 is 0. The smallest absolute Gasteiger partial charge is 0.344 e. The Morgan fingerprint density at radius 2 is 1.93 bits per heavy atom. The van der Waals surface area contributed by atoms with Gasteiger partial charge in [-0.05, 0) is 38.8 Å². The van der Waals surface area contributed by atoms with E-state index in [0.717, 1.165) is 24.2 Å². The molecule has 1 fully saturated rings. The van der Waals surface area contributed by atoms with Crippen LogP contribution in [0.3, 0.4) is 0 Å². The Labute approximate surface area is 155 Å². The number of ketones is 1. The molecule has 8 nitrogen and oxygen atoms in total. The summed E-state index contributed by atoms with van der Waals surface area (Å²) in [5.41, 5.74) is 2.21. The Bertz CT molecular complexity index is 898. The third kappa shape index (κ3) is 4.16. The number of ether oxygens (including phenoxy) is 2. The predicted molar refractivity (Wildman–Crippen MR) is 96.1 cm³/mol. The maximum Gasteiger partial charge on any atom is 0.344 e. The molecule has 0 unspecified atom stereocenters. The highest BCUT2D eigenvalue weighted by Crippen LogP contribution is 2.38. The molecule has 2 aromatic rings. The number of benzene rings is 1. The summed E-state index contributed by atoms with van der Waals surface area (Å²) in [6.45, 7) is 2.93. The highest BCUT2D eigenvalue weighted by Gasteiger charge is 2.28. The van der Waals surface area contributed by atoms with E-state index in [1.54, 1.807) is 6.07 Å². The molecule has 0 amide bonds. The van der Waals surface area contributed by atoms with Crippen molar-refractivity contribution in [3.05, 3.63) is 57.4 Å². The van der Waals surface area contributed by atoms with E-state index in [2.05, 4.69) is 4.57 Å².